The van der Waals surface area contributed by atoms with Crippen molar-refractivity contribution in [2.45, 2.75) is 0 Å². The molecule has 1 aromatic heterocycles. The van der Waals surface area contributed by atoms with E-state index in [4.69, 9.17) is 11.6 Å². The second-order valence-electron chi connectivity index (χ2n) is 3.21. The zero-order valence-corrected chi connectivity index (χ0v) is 9.17. The molecule has 0 aliphatic carbocycles. The molecule has 78 valence electrons. The summed E-state index contributed by atoms with van der Waals surface area (Å²) in [7, 11) is 3.40. The van der Waals surface area contributed by atoms with Crippen LogP contribution in [-0.2, 0) is 7.05 Å². The Bertz CT molecular complexity index is 577. The summed E-state index contributed by atoms with van der Waals surface area (Å²) in [6.07, 6.45) is 0. The monoisotopic (exact) mass is 223 g/mol. The van der Waals surface area contributed by atoms with Gasteiger partial charge in [0.2, 0.25) is 5.95 Å². The van der Waals surface area contributed by atoms with Crippen LogP contribution < -0.4 is 10.9 Å². The van der Waals surface area contributed by atoms with Crippen molar-refractivity contribution in [3.8, 4) is 0 Å². The largest absolute Gasteiger partial charge is 0.359 e. The van der Waals surface area contributed by atoms with Crippen LogP contribution in [0.2, 0.25) is 5.02 Å². The molecule has 0 aliphatic heterocycles. The number of rotatable bonds is 1. The van der Waals surface area contributed by atoms with Crippen LogP contribution in [0, 0.1) is 0 Å². The van der Waals surface area contributed by atoms with Gasteiger partial charge in [0, 0.05) is 19.1 Å². The van der Waals surface area contributed by atoms with Crippen molar-refractivity contribution >= 4 is 28.5 Å². The van der Waals surface area contributed by atoms with E-state index in [0.29, 0.717) is 21.9 Å². The third-order valence-electron chi connectivity index (χ3n) is 2.26. The standard InChI is InChI=1S/C10H10ClN3O/c1-12-10-13-8-5-6(11)3-4-7(8)9(15)14(10)2/h3-5H,1-2H3,(H,12,13). The summed E-state index contributed by atoms with van der Waals surface area (Å²) in [6.45, 7) is 0. The van der Waals surface area contributed by atoms with Crippen molar-refractivity contribution in [3.05, 3.63) is 33.6 Å². The summed E-state index contributed by atoms with van der Waals surface area (Å²) in [6, 6.07) is 5.05. The SMILES string of the molecule is CNc1nc2cc(Cl)ccc2c(=O)n1C. The fraction of sp³-hybridized carbons (Fsp3) is 0.200. The minimum Gasteiger partial charge on any atom is -0.359 e. The molecule has 5 heteroatoms. The Balaban J connectivity index is 2.91. The predicted octanol–water partition coefficient (Wildman–Crippen LogP) is 1.63. The summed E-state index contributed by atoms with van der Waals surface area (Å²) in [4.78, 5) is 16.1. The highest BCUT2D eigenvalue weighted by atomic mass is 35.5. The van der Waals surface area contributed by atoms with Crippen LogP contribution in [0.25, 0.3) is 10.9 Å². The Labute approximate surface area is 91.5 Å². The first kappa shape index (κ1) is 9.98. The number of hydrogen-bond acceptors (Lipinski definition) is 3. The van der Waals surface area contributed by atoms with Gasteiger partial charge < -0.3 is 5.32 Å². The molecule has 0 amide bonds. The average Bonchev–Trinajstić information content (AvgIpc) is 2.23. The number of aromatic nitrogens is 2. The summed E-state index contributed by atoms with van der Waals surface area (Å²) in [5, 5.41) is 4.00. The van der Waals surface area contributed by atoms with E-state index in [-0.39, 0.29) is 5.56 Å². The molecule has 0 saturated heterocycles. The summed E-state index contributed by atoms with van der Waals surface area (Å²) in [5.74, 6) is 0.523. The van der Waals surface area contributed by atoms with Gasteiger partial charge in [0.05, 0.1) is 10.9 Å². The van der Waals surface area contributed by atoms with Crippen molar-refractivity contribution in [3.63, 3.8) is 0 Å². The highest BCUT2D eigenvalue weighted by molar-refractivity contribution is 6.31. The van der Waals surface area contributed by atoms with Crippen LogP contribution in [0.15, 0.2) is 23.0 Å². The number of fused-ring (bicyclic) bond motifs is 1. The van der Waals surface area contributed by atoms with E-state index in [1.807, 2.05) is 0 Å². The van der Waals surface area contributed by atoms with Gasteiger partial charge in [-0.05, 0) is 18.2 Å². The van der Waals surface area contributed by atoms with Crippen LogP contribution >= 0.6 is 11.6 Å². The maximum Gasteiger partial charge on any atom is 0.262 e. The second kappa shape index (κ2) is 3.55. The molecule has 1 N–H and O–H groups in total. The smallest absolute Gasteiger partial charge is 0.262 e. The minimum absolute atomic E-state index is 0.0824. The zero-order valence-electron chi connectivity index (χ0n) is 8.41. The lowest BCUT2D eigenvalue weighted by atomic mass is 10.2. The summed E-state index contributed by atoms with van der Waals surface area (Å²) >= 11 is 5.84. The van der Waals surface area contributed by atoms with E-state index in [9.17, 15) is 4.79 Å². The maximum absolute atomic E-state index is 11.9. The van der Waals surface area contributed by atoms with Gasteiger partial charge in [-0.25, -0.2) is 4.98 Å². The Morgan fingerprint density at radius 2 is 2.20 bits per heavy atom. The van der Waals surface area contributed by atoms with E-state index in [1.165, 1.54) is 4.57 Å². The number of hydrogen-bond donors (Lipinski definition) is 1. The molecule has 2 aromatic rings. The molecule has 1 heterocycles. The Morgan fingerprint density at radius 1 is 1.47 bits per heavy atom. The molecule has 0 radical (unpaired) electrons. The van der Waals surface area contributed by atoms with E-state index in [0.717, 1.165) is 0 Å². The molecular formula is C10H10ClN3O. The van der Waals surface area contributed by atoms with Crippen LogP contribution in [-0.4, -0.2) is 16.6 Å². The molecule has 0 unspecified atom stereocenters. The Morgan fingerprint density at radius 3 is 2.87 bits per heavy atom. The van der Waals surface area contributed by atoms with Crippen molar-refractivity contribution in [1.29, 1.82) is 0 Å². The zero-order chi connectivity index (χ0) is 11.0. The third kappa shape index (κ3) is 1.57. The molecule has 0 spiro atoms. The number of halogens is 1. The Hall–Kier alpha value is -1.55. The number of anilines is 1. The van der Waals surface area contributed by atoms with E-state index >= 15 is 0 Å². The lowest BCUT2D eigenvalue weighted by Crippen LogP contribution is -2.21. The number of nitrogens with zero attached hydrogens (tertiary/aromatic N) is 2. The van der Waals surface area contributed by atoms with Gasteiger partial charge in [0.25, 0.3) is 5.56 Å². The molecule has 0 aliphatic rings. The second-order valence-corrected chi connectivity index (χ2v) is 3.65. The predicted molar refractivity (Wildman–Crippen MR) is 61.5 cm³/mol. The lowest BCUT2D eigenvalue weighted by molar-refractivity contribution is 0.852. The van der Waals surface area contributed by atoms with Gasteiger partial charge in [-0.1, -0.05) is 11.6 Å². The van der Waals surface area contributed by atoms with Gasteiger partial charge in [0.15, 0.2) is 0 Å². The molecule has 0 saturated carbocycles. The molecule has 0 atom stereocenters. The van der Waals surface area contributed by atoms with E-state index in [2.05, 4.69) is 10.3 Å². The molecule has 1 aromatic carbocycles. The van der Waals surface area contributed by atoms with Gasteiger partial charge in [-0.3, -0.25) is 9.36 Å². The van der Waals surface area contributed by atoms with Crippen LogP contribution in [0.4, 0.5) is 5.95 Å². The fourth-order valence-corrected chi connectivity index (χ4v) is 1.63. The molecule has 0 bridgehead atoms. The number of nitrogens with one attached hydrogen (secondary N) is 1. The first-order valence-corrected chi connectivity index (χ1v) is 4.85. The summed E-state index contributed by atoms with van der Waals surface area (Å²) < 4.78 is 1.47. The highest BCUT2D eigenvalue weighted by Crippen LogP contribution is 2.16. The van der Waals surface area contributed by atoms with E-state index in [1.54, 1.807) is 32.3 Å². The molecular weight excluding hydrogens is 214 g/mol. The van der Waals surface area contributed by atoms with Crippen molar-refractivity contribution in [1.82, 2.24) is 9.55 Å². The van der Waals surface area contributed by atoms with Gasteiger partial charge in [-0.2, -0.15) is 0 Å². The third-order valence-corrected chi connectivity index (χ3v) is 2.50. The first-order chi connectivity index (χ1) is 7.13. The van der Waals surface area contributed by atoms with Gasteiger partial charge in [0.1, 0.15) is 0 Å². The topological polar surface area (TPSA) is 46.9 Å². The van der Waals surface area contributed by atoms with Gasteiger partial charge in [-0.15, -0.1) is 0 Å². The van der Waals surface area contributed by atoms with Crippen LogP contribution in [0.3, 0.4) is 0 Å². The van der Waals surface area contributed by atoms with Crippen LogP contribution in [0.5, 0.6) is 0 Å². The van der Waals surface area contributed by atoms with Crippen LogP contribution in [0.1, 0.15) is 0 Å². The van der Waals surface area contributed by atoms with Gasteiger partial charge >= 0.3 is 0 Å². The molecule has 15 heavy (non-hydrogen) atoms. The summed E-state index contributed by atoms with van der Waals surface area (Å²) in [5.41, 5.74) is 0.524. The average molecular weight is 224 g/mol. The maximum atomic E-state index is 11.9. The van der Waals surface area contributed by atoms with E-state index < -0.39 is 0 Å². The van der Waals surface area contributed by atoms with Crippen molar-refractivity contribution in [2.75, 3.05) is 12.4 Å². The lowest BCUT2D eigenvalue weighted by Gasteiger charge is -2.07. The van der Waals surface area contributed by atoms with Crippen molar-refractivity contribution < 1.29 is 0 Å². The first-order valence-electron chi connectivity index (χ1n) is 4.47. The quantitative estimate of drug-likeness (QED) is 0.800. The molecule has 2 rings (SSSR count). The van der Waals surface area contributed by atoms with Crippen molar-refractivity contribution in [2.24, 2.45) is 7.05 Å². The minimum atomic E-state index is -0.0824. The normalized spacial score (nSPS) is 10.6. The Kier molecular flexibility index (Phi) is 2.36. The number of benzene rings is 1. The molecule has 0 fully saturated rings. The highest BCUT2D eigenvalue weighted by Gasteiger charge is 2.06. The fourth-order valence-electron chi connectivity index (χ4n) is 1.47. The molecule has 4 nitrogen and oxygen atoms in total.